The number of halogens is 2. The number of hydrogen-bond donors (Lipinski definition) is 2. The third kappa shape index (κ3) is 2.91. The molecule has 19 heavy (non-hydrogen) atoms. The fourth-order valence-electron chi connectivity index (χ4n) is 1.41. The van der Waals surface area contributed by atoms with Crippen LogP contribution >= 0.6 is 22.9 Å². The number of amides is 1. The number of hydrogen-bond acceptors (Lipinski definition) is 3. The van der Waals surface area contributed by atoms with Gasteiger partial charge in [0.25, 0.3) is 5.91 Å². The van der Waals surface area contributed by atoms with Gasteiger partial charge in [-0.25, -0.2) is 9.18 Å². The maximum atomic E-state index is 13.0. The van der Waals surface area contributed by atoms with Crippen molar-refractivity contribution >= 4 is 40.5 Å². The molecule has 7 heteroatoms. The predicted octanol–water partition coefficient (Wildman–Crippen LogP) is 3.49. The molecule has 0 fully saturated rings. The van der Waals surface area contributed by atoms with Crippen LogP contribution in [0, 0.1) is 5.82 Å². The van der Waals surface area contributed by atoms with E-state index in [-0.39, 0.29) is 21.2 Å². The van der Waals surface area contributed by atoms with Crippen molar-refractivity contribution in [3.8, 4) is 0 Å². The van der Waals surface area contributed by atoms with Crippen LogP contribution in [0.1, 0.15) is 20.0 Å². The Labute approximate surface area is 116 Å². The lowest BCUT2D eigenvalue weighted by Crippen LogP contribution is -2.13. The van der Waals surface area contributed by atoms with E-state index in [9.17, 15) is 14.0 Å². The van der Waals surface area contributed by atoms with Crippen LogP contribution in [0.4, 0.5) is 10.1 Å². The zero-order chi connectivity index (χ0) is 14.0. The molecule has 0 radical (unpaired) electrons. The van der Waals surface area contributed by atoms with Crippen LogP contribution in [0.3, 0.4) is 0 Å². The van der Waals surface area contributed by atoms with Gasteiger partial charge in [-0.05, 0) is 29.6 Å². The summed E-state index contributed by atoms with van der Waals surface area (Å²) in [4.78, 5) is 22.8. The first-order valence-electron chi connectivity index (χ1n) is 5.06. The van der Waals surface area contributed by atoms with Gasteiger partial charge in [-0.3, -0.25) is 4.79 Å². The van der Waals surface area contributed by atoms with Crippen LogP contribution < -0.4 is 5.32 Å². The molecule has 2 aromatic rings. The van der Waals surface area contributed by atoms with Crippen molar-refractivity contribution in [1.82, 2.24) is 0 Å². The molecular formula is C12H7ClFNO3S. The molecule has 0 bridgehead atoms. The SMILES string of the molecule is O=C(Nc1ccsc1C(=O)O)c1ccc(F)c(Cl)c1. The minimum Gasteiger partial charge on any atom is -0.477 e. The van der Waals surface area contributed by atoms with E-state index < -0.39 is 17.7 Å². The number of carbonyl (C=O) groups excluding carboxylic acids is 1. The molecule has 1 amide bonds. The Hall–Kier alpha value is -1.92. The first-order chi connectivity index (χ1) is 8.99. The van der Waals surface area contributed by atoms with E-state index in [1.165, 1.54) is 18.2 Å². The zero-order valence-electron chi connectivity index (χ0n) is 9.31. The van der Waals surface area contributed by atoms with Gasteiger partial charge in [0.05, 0.1) is 10.7 Å². The molecule has 1 aromatic heterocycles. The summed E-state index contributed by atoms with van der Waals surface area (Å²) in [6.07, 6.45) is 0. The number of nitrogens with one attached hydrogen (secondary N) is 1. The van der Waals surface area contributed by atoms with Crippen LogP contribution in [0.2, 0.25) is 5.02 Å². The number of anilines is 1. The topological polar surface area (TPSA) is 66.4 Å². The molecule has 2 rings (SSSR count). The van der Waals surface area contributed by atoms with Crippen molar-refractivity contribution in [3.63, 3.8) is 0 Å². The fraction of sp³-hybridized carbons (Fsp3) is 0. The van der Waals surface area contributed by atoms with E-state index in [1.807, 2.05) is 0 Å². The Balaban J connectivity index is 2.23. The minimum absolute atomic E-state index is 0.0292. The Kier molecular flexibility index (Phi) is 3.82. The van der Waals surface area contributed by atoms with E-state index >= 15 is 0 Å². The Morgan fingerprint density at radius 1 is 1.32 bits per heavy atom. The molecule has 1 heterocycles. The normalized spacial score (nSPS) is 10.2. The quantitative estimate of drug-likeness (QED) is 0.911. The Bertz CT molecular complexity index is 656. The molecule has 98 valence electrons. The lowest BCUT2D eigenvalue weighted by molar-refractivity contribution is 0.0703. The van der Waals surface area contributed by atoms with Gasteiger partial charge in [0.15, 0.2) is 0 Å². The summed E-state index contributed by atoms with van der Waals surface area (Å²) in [5, 5.41) is 12.7. The second-order valence-electron chi connectivity index (χ2n) is 3.55. The third-order valence-electron chi connectivity index (χ3n) is 2.29. The number of benzene rings is 1. The second-order valence-corrected chi connectivity index (χ2v) is 4.87. The molecule has 4 nitrogen and oxygen atoms in total. The van der Waals surface area contributed by atoms with E-state index in [4.69, 9.17) is 16.7 Å². The molecule has 2 N–H and O–H groups in total. The summed E-state index contributed by atoms with van der Waals surface area (Å²) in [5.74, 6) is -2.30. The average molecular weight is 300 g/mol. The van der Waals surface area contributed by atoms with E-state index in [1.54, 1.807) is 5.38 Å². The summed E-state index contributed by atoms with van der Waals surface area (Å²) >= 11 is 6.57. The van der Waals surface area contributed by atoms with E-state index in [0.717, 1.165) is 17.4 Å². The molecule has 0 aliphatic carbocycles. The van der Waals surface area contributed by atoms with E-state index in [2.05, 4.69) is 5.32 Å². The van der Waals surface area contributed by atoms with Crippen LogP contribution in [0.25, 0.3) is 0 Å². The average Bonchev–Trinajstić information content (AvgIpc) is 2.80. The summed E-state index contributed by atoms with van der Waals surface area (Å²) in [5.41, 5.74) is 0.344. The van der Waals surface area contributed by atoms with Crippen LogP contribution in [-0.4, -0.2) is 17.0 Å². The van der Waals surface area contributed by atoms with Gasteiger partial charge in [0, 0.05) is 5.56 Å². The molecule has 0 saturated heterocycles. The number of thiophene rings is 1. The monoisotopic (exact) mass is 299 g/mol. The Morgan fingerprint density at radius 2 is 2.05 bits per heavy atom. The van der Waals surface area contributed by atoms with Gasteiger partial charge in [-0.2, -0.15) is 0 Å². The van der Waals surface area contributed by atoms with Crippen molar-refractivity contribution in [3.05, 3.63) is 50.9 Å². The third-order valence-corrected chi connectivity index (χ3v) is 3.48. The molecule has 0 aliphatic heterocycles. The maximum Gasteiger partial charge on any atom is 0.348 e. The molecular weight excluding hydrogens is 293 g/mol. The molecule has 0 spiro atoms. The first-order valence-corrected chi connectivity index (χ1v) is 6.32. The highest BCUT2D eigenvalue weighted by Crippen LogP contribution is 2.23. The van der Waals surface area contributed by atoms with E-state index in [0.29, 0.717) is 0 Å². The lowest BCUT2D eigenvalue weighted by Gasteiger charge is -2.05. The molecule has 0 saturated carbocycles. The van der Waals surface area contributed by atoms with Crippen molar-refractivity contribution in [2.45, 2.75) is 0 Å². The fourth-order valence-corrected chi connectivity index (χ4v) is 2.27. The maximum absolute atomic E-state index is 13.0. The highest BCUT2D eigenvalue weighted by Gasteiger charge is 2.15. The molecule has 0 atom stereocenters. The van der Waals surface area contributed by atoms with Crippen molar-refractivity contribution < 1.29 is 19.1 Å². The number of carboxylic acid groups (broad SMARTS) is 1. The van der Waals surface area contributed by atoms with Crippen molar-refractivity contribution in [1.29, 1.82) is 0 Å². The molecule has 0 unspecified atom stereocenters. The second kappa shape index (κ2) is 5.38. The van der Waals surface area contributed by atoms with Crippen LogP contribution in [-0.2, 0) is 0 Å². The molecule has 0 aliphatic rings. The standard InChI is InChI=1S/C12H7ClFNO3S/c13-7-5-6(1-2-8(7)14)11(16)15-9-3-4-19-10(9)12(17)18/h1-5H,(H,15,16)(H,17,18). The van der Waals surface area contributed by atoms with Crippen LogP contribution in [0.5, 0.6) is 0 Å². The van der Waals surface area contributed by atoms with Gasteiger partial charge >= 0.3 is 5.97 Å². The number of aromatic carboxylic acids is 1. The summed E-state index contributed by atoms with van der Waals surface area (Å²) in [6, 6.07) is 5.00. The number of rotatable bonds is 3. The molecule has 1 aromatic carbocycles. The largest absolute Gasteiger partial charge is 0.477 e. The Morgan fingerprint density at radius 3 is 2.68 bits per heavy atom. The zero-order valence-corrected chi connectivity index (χ0v) is 10.9. The van der Waals surface area contributed by atoms with Crippen LogP contribution in [0.15, 0.2) is 29.6 Å². The van der Waals surface area contributed by atoms with Gasteiger partial charge in [0.1, 0.15) is 10.7 Å². The highest BCUT2D eigenvalue weighted by molar-refractivity contribution is 7.12. The summed E-state index contributed by atoms with van der Waals surface area (Å²) < 4.78 is 13.0. The lowest BCUT2D eigenvalue weighted by atomic mass is 10.2. The van der Waals surface area contributed by atoms with Gasteiger partial charge in [0.2, 0.25) is 0 Å². The highest BCUT2D eigenvalue weighted by atomic mass is 35.5. The first kappa shape index (κ1) is 13.5. The van der Waals surface area contributed by atoms with Gasteiger partial charge in [-0.1, -0.05) is 11.6 Å². The summed E-state index contributed by atoms with van der Waals surface area (Å²) in [7, 11) is 0. The number of carboxylic acids is 1. The predicted molar refractivity (Wildman–Crippen MR) is 70.6 cm³/mol. The van der Waals surface area contributed by atoms with Crippen molar-refractivity contribution in [2.75, 3.05) is 5.32 Å². The summed E-state index contributed by atoms with van der Waals surface area (Å²) in [6.45, 7) is 0. The van der Waals surface area contributed by atoms with Gasteiger partial charge < -0.3 is 10.4 Å². The van der Waals surface area contributed by atoms with Gasteiger partial charge in [-0.15, -0.1) is 11.3 Å². The van der Waals surface area contributed by atoms with Crippen molar-refractivity contribution in [2.24, 2.45) is 0 Å². The smallest absolute Gasteiger partial charge is 0.348 e. The minimum atomic E-state index is -1.12. The number of carbonyl (C=O) groups is 2.